The second-order valence-electron chi connectivity index (χ2n) is 4.60. The minimum absolute atomic E-state index is 0.125. The number of hydrogen-bond donors (Lipinski definition) is 0. The summed E-state index contributed by atoms with van der Waals surface area (Å²) in [5, 5.41) is 10.8. The first-order valence-electron chi connectivity index (χ1n) is 5.52. The molecule has 0 N–H and O–H groups in total. The minimum Gasteiger partial charge on any atom is -0.302 e. The number of benzene rings is 1. The first-order chi connectivity index (χ1) is 7.91. The Morgan fingerprint density at radius 3 is 2.65 bits per heavy atom. The smallest absolute Gasteiger partial charge is 0.283 e. The Morgan fingerprint density at radius 1 is 1.47 bits per heavy atom. The zero-order valence-electron chi connectivity index (χ0n) is 10.3. The van der Waals surface area contributed by atoms with Crippen LogP contribution in [0, 0.1) is 16.0 Å². The molecular weight excluding hydrogens is 284 g/mol. The van der Waals surface area contributed by atoms with Crippen LogP contribution in [0.15, 0.2) is 22.7 Å². The minimum atomic E-state index is -0.365. The van der Waals surface area contributed by atoms with Crippen LogP contribution in [0.5, 0.6) is 0 Å². The lowest BCUT2D eigenvalue weighted by Crippen LogP contribution is -2.22. The molecule has 0 heterocycles. The molecule has 17 heavy (non-hydrogen) atoms. The van der Waals surface area contributed by atoms with Crippen molar-refractivity contribution in [2.75, 3.05) is 13.6 Å². The summed E-state index contributed by atoms with van der Waals surface area (Å²) in [6.45, 7) is 5.98. The Balaban J connectivity index is 2.85. The van der Waals surface area contributed by atoms with Gasteiger partial charge >= 0.3 is 0 Å². The van der Waals surface area contributed by atoms with Gasteiger partial charge in [-0.2, -0.15) is 0 Å². The average molecular weight is 301 g/mol. The van der Waals surface area contributed by atoms with E-state index in [2.05, 4.69) is 34.7 Å². The van der Waals surface area contributed by atoms with Gasteiger partial charge in [-0.25, -0.2) is 0 Å². The Kier molecular flexibility index (Phi) is 5.08. The summed E-state index contributed by atoms with van der Waals surface area (Å²) in [6, 6.07) is 5.14. The summed E-state index contributed by atoms with van der Waals surface area (Å²) < 4.78 is 0.584. The number of hydrogen-bond acceptors (Lipinski definition) is 3. The molecule has 1 aromatic rings. The highest BCUT2D eigenvalue weighted by Gasteiger charge is 2.15. The van der Waals surface area contributed by atoms with Crippen molar-refractivity contribution < 1.29 is 4.92 Å². The lowest BCUT2D eigenvalue weighted by Gasteiger charge is -2.19. The molecule has 0 atom stereocenters. The Morgan fingerprint density at radius 2 is 2.12 bits per heavy atom. The Labute approximate surface area is 110 Å². The van der Waals surface area contributed by atoms with Gasteiger partial charge in [0, 0.05) is 19.2 Å². The molecule has 5 heteroatoms. The van der Waals surface area contributed by atoms with Crippen LogP contribution in [0.4, 0.5) is 5.69 Å². The first kappa shape index (κ1) is 14.1. The Hall–Kier alpha value is -0.940. The van der Waals surface area contributed by atoms with Crippen LogP contribution in [0.3, 0.4) is 0 Å². The van der Waals surface area contributed by atoms with E-state index in [9.17, 15) is 10.1 Å². The van der Waals surface area contributed by atoms with E-state index in [0.29, 0.717) is 16.9 Å². The van der Waals surface area contributed by atoms with Crippen molar-refractivity contribution >= 4 is 21.6 Å². The molecule has 0 radical (unpaired) electrons. The topological polar surface area (TPSA) is 46.4 Å². The van der Waals surface area contributed by atoms with Crippen LogP contribution in [0.25, 0.3) is 0 Å². The van der Waals surface area contributed by atoms with Crippen molar-refractivity contribution in [3.63, 3.8) is 0 Å². The normalized spacial score (nSPS) is 11.2. The fourth-order valence-corrected chi connectivity index (χ4v) is 2.34. The van der Waals surface area contributed by atoms with E-state index in [1.54, 1.807) is 6.07 Å². The second kappa shape index (κ2) is 6.12. The molecule has 0 aliphatic carbocycles. The number of nitro groups is 1. The highest BCUT2D eigenvalue weighted by molar-refractivity contribution is 9.10. The van der Waals surface area contributed by atoms with Crippen molar-refractivity contribution in [3.05, 3.63) is 38.3 Å². The van der Waals surface area contributed by atoms with Crippen molar-refractivity contribution in [3.8, 4) is 0 Å². The molecule has 0 unspecified atom stereocenters. The van der Waals surface area contributed by atoms with Gasteiger partial charge in [-0.15, -0.1) is 0 Å². The van der Waals surface area contributed by atoms with E-state index >= 15 is 0 Å². The second-order valence-corrected chi connectivity index (χ2v) is 5.39. The van der Waals surface area contributed by atoms with Crippen LogP contribution in [-0.4, -0.2) is 23.4 Å². The van der Waals surface area contributed by atoms with Gasteiger partial charge in [0.1, 0.15) is 0 Å². The van der Waals surface area contributed by atoms with Gasteiger partial charge in [-0.05, 0) is 34.5 Å². The third kappa shape index (κ3) is 4.09. The molecule has 4 nitrogen and oxygen atoms in total. The summed E-state index contributed by atoms with van der Waals surface area (Å²) in [4.78, 5) is 12.6. The fraction of sp³-hybridized carbons (Fsp3) is 0.500. The predicted octanol–water partition coefficient (Wildman–Crippen LogP) is 3.45. The van der Waals surface area contributed by atoms with E-state index < -0.39 is 0 Å². The van der Waals surface area contributed by atoms with Crippen LogP contribution in [-0.2, 0) is 6.54 Å². The van der Waals surface area contributed by atoms with Gasteiger partial charge in [0.15, 0.2) is 0 Å². The van der Waals surface area contributed by atoms with Gasteiger partial charge in [0.05, 0.1) is 9.40 Å². The van der Waals surface area contributed by atoms with Gasteiger partial charge in [0.25, 0.3) is 5.69 Å². The van der Waals surface area contributed by atoms with E-state index in [-0.39, 0.29) is 10.6 Å². The number of nitrogens with zero attached hydrogens (tertiary/aromatic N) is 2. The first-order valence-corrected chi connectivity index (χ1v) is 6.31. The molecule has 0 spiro atoms. The molecular formula is C12H17BrN2O2. The fourth-order valence-electron chi connectivity index (χ4n) is 1.81. The molecule has 1 aromatic carbocycles. The highest BCUT2D eigenvalue weighted by Crippen LogP contribution is 2.28. The quantitative estimate of drug-likeness (QED) is 0.618. The molecule has 0 bridgehead atoms. The SMILES string of the molecule is CC(C)CN(C)Cc1cccc([N+](=O)[O-])c1Br. The van der Waals surface area contributed by atoms with Crippen LogP contribution in [0.2, 0.25) is 0 Å². The third-order valence-electron chi connectivity index (χ3n) is 2.37. The third-order valence-corrected chi connectivity index (χ3v) is 3.29. The van der Waals surface area contributed by atoms with Crippen LogP contribution >= 0.6 is 15.9 Å². The molecule has 0 fully saturated rings. The van der Waals surface area contributed by atoms with Gasteiger partial charge < -0.3 is 4.90 Å². The Bertz CT molecular complexity index is 407. The number of nitro benzene ring substituents is 1. The van der Waals surface area contributed by atoms with E-state index in [1.165, 1.54) is 6.07 Å². The summed E-state index contributed by atoms with van der Waals surface area (Å²) in [5.41, 5.74) is 1.07. The van der Waals surface area contributed by atoms with Crippen molar-refractivity contribution in [1.29, 1.82) is 0 Å². The van der Waals surface area contributed by atoms with E-state index in [0.717, 1.165) is 12.1 Å². The monoisotopic (exact) mass is 300 g/mol. The molecule has 0 saturated heterocycles. The molecule has 0 aromatic heterocycles. The largest absolute Gasteiger partial charge is 0.302 e. The standard InChI is InChI=1S/C12H17BrN2O2/c1-9(2)7-14(3)8-10-5-4-6-11(12(10)13)15(16)17/h4-6,9H,7-8H2,1-3H3. The molecule has 0 amide bonds. The maximum atomic E-state index is 10.8. The molecule has 1 rings (SSSR count). The average Bonchev–Trinajstić information content (AvgIpc) is 2.19. The molecule has 0 aliphatic heterocycles. The van der Waals surface area contributed by atoms with Gasteiger partial charge in [0.2, 0.25) is 0 Å². The van der Waals surface area contributed by atoms with Crippen molar-refractivity contribution in [2.24, 2.45) is 5.92 Å². The van der Waals surface area contributed by atoms with Crippen molar-refractivity contribution in [1.82, 2.24) is 4.90 Å². The lowest BCUT2D eigenvalue weighted by molar-refractivity contribution is -0.385. The highest BCUT2D eigenvalue weighted by atomic mass is 79.9. The van der Waals surface area contributed by atoms with Crippen LogP contribution in [0.1, 0.15) is 19.4 Å². The summed E-state index contributed by atoms with van der Waals surface area (Å²) in [5.74, 6) is 0.581. The summed E-state index contributed by atoms with van der Waals surface area (Å²) in [6.07, 6.45) is 0. The molecule has 0 saturated carbocycles. The number of rotatable bonds is 5. The number of halogens is 1. The zero-order chi connectivity index (χ0) is 13.0. The predicted molar refractivity (Wildman–Crippen MR) is 72.0 cm³/mol. The van der Waals surface area contributed by atoms with E-state index in [4.69, 9.17) is 0 Å². The van der Waals surface area contributed by atoms with Crippen molar-refractivity contribution in [2.45, 2.75) is 20.4 Å². The lowest BCUT2D eigenvalue weighted by atomic mass is 10.1. The maximum Gasteiger partial charge on any atom is 0.283 e. The van der Waals surface area contributed by atoms with Crippen LogP contribution < -0.4 is 0 Å². The van der Waals surface area contributed by atoms with Gasteiger partial charge in [-0.1, -0.05) is 26.0 Å². The molecule has 94 valence electrons. The summed E-state index contributed by atoms with van der Waals surface area (Å²) in [7, 11) is 2.02. The zero-order valence-corrected chi connectivity index (χ0v) is 11.9. The maximum absolute atomic E-state index is 10.8. The molecule has 0 aliphatic rings. The van der Waals surface area contributed by atoms with E-state index in [1.807, 2.05) is 13.1 Å². The van der Waals surface area contributed by atoms with Gasteiger partial charge in [-0.3, -0.25) is 10.1 Å². The summed E-state index contributed by atoms with van der Waals surface area (Å²) >= 11 is 3.31.